The Morgan fingerprint density at radius 2 is 2.00 bits per heavy atom. The van der Waals surface area contributed by atoms with Gasteiger partial charge in [0.25, 0.3) is 0 Å². The van der Waals surface area contributed by atoms with E-state index >= 15 is 0 Å². The van der Waals surface area contributed by atoms with Crippen LogP contribution >= 0.6 is 23.2 Å². The van der Waals surface area contributed by atoms with Crippen LogP contribution in [0.4, 0.5) is 0 Å². The van der Waals surface area contributed by atoms with Gasteiger partial charge in [0.2, 0.25) is 0 Å². The Kier molecular flexibility index (Phi) is 6.11. The van der Waals surface area contributed by atoms with Crippen LogP contribution < -0.4 is 0 Å². The highest BCUT2D eigenvalue weighted by Gasteiger charge is 2.76. The third kappa shape index (κ3) is 3.19. The number of halogens is 2. The summed E-state index contributed by atoms with van der Waals surface area (Å²) in [5.74, 6) is -1.72. The molecule has 7 unspecified atom stereocenters. The lowest BCUT2D eigenvalue weighted by Crippen LogP contribution is -2.69. The third-order valence-corrected chi connectivity index (χ3v) is 11.3. The van der Waals surface area contributed by atoms with E-state index in [1.807, 2.05) is 26.8 Å². The molecule has 9 atom stereocenters. The van der Waals surface area contributed by atoms with E-state index in [9.17, 15) is 19.5 Å². The Bertz CT molecular complexity index is 1020. The maximum absolute atomic E-state index is 13.6. The van der Waals surface area contributed by atoms with Crippen molar-refractivity contribution in [3.8, 4) is 0 Å². The molecule has 5 aliphatic rings. The van der Waals surface area contributed by atoms with Crippen LogP contribution in [0.3, 0.4) is 0 Å². The maximum Gasteiger partial charge on any atom is 0.336 e. The van der Waals surface area contributed by atoms with Gasteiger partial charge in [-0.2, -0.15) is 0 Å². The molecular weight excluding hydrogens is 491 g/mol. The standard InChI is InChI=1S/C27H34Cl2O6/c1-15-11-19-18-7-6-16-12-17(30)8-9-24(16,2)26(18,29)21(31)13-25(19,3)27(15,22(32)14-28)35-23(33)20-5-4-10-34-20/h8-9,12,15,18-21,31H,4-7,10-11,13-14H2,1-3H3/t15-,18?,19?,20?,21?,24?,25?,26?,27+/m1/s1. The molecule has 4 aliphatic carbocycles. The minimum Gasteiger partial charge on any atom is -0.448 e. The fraction of sp³-hybridized carbons (Fsp3) is 0.741. The third-order valence-electron chi connectivity index (χ3n) is 10.2. The van der Waals surface area contributed by atoms with Gasteiger partial charge in [0.15, 0.2) is 23.3 Å². The van der Waals surface area contributed by atoms with Gasteiger partial charge in [-0.05, 0) is 62.5 Å². The number of aliphatic hydroxyl groups is 1. The van der Waals surface area contributed by atoms with Crippen molar-refractivity contribution < 1.29 is 29.0 Å². The van der Waals surface area contributed by atoms with Gasteiger partial charge in [-0.3, -0.25) is 9.59 Å². The molecule has 0 aromatic rings. The fourth-order valence-corrected chi connectivity index (χ4v) is 9.21. The van der Waals surface area contributed by atoms with E-state index in [0.29, 0.717) is 32.3 Å². The van der Waals surface area contributed by atoms with E-state index in [0.717, 1.165) is 12.0 Å². The lowest BCUT2D eigenvalue weighted by atomic mass is 9.45. The molecule has 0 radical (unpaired) electrons. The number of rotatable bonds is 4. The van der Waals surface area contributed by atoms with Gasteiger partial charge in [-0.15, -0.1) is 23.2 Å². The van der Waals surface area contributed by atoms with Crippen LogP contribution in [-0.2, 0) is 23.9 Å². The summed E-state index contributed by atoms with van der Waals surface area (Å²) in [6.07, 6.45) is 6.89. The van der Waals surface area contributed by atoms with Crippen LogP contribution in [0, 0.1) is 28.6 Å². The van der Waals surface area contributed by atoms with Crippen LogP contribution in [0.5, 0.6) is 0 Å². The number of allylic oxidation sites excluding steroid dienone is 4. The highest BCUT2D eigenvalue weighted by molar-refractivity contribution is 6.29. The number of carbonyl (C=O) groups excluding carboxylic acids is 3. The Labute approximate surface area is 216 Å². The molecule has 3 saturated carbocycles. The lowest BCUT2D eigenvalue weighted by Gasteiger charge is -2.64. The van der Waals surface area contributed by atoms with E-state index in [-0.39, 0.29) is 41.6 Å². The second-order valence-corrected chi connectivity index (χ2v) is 12.5. The van der Waals surface area contributed by atoms with Gasteiger partial charge < -0.3 is 14.6 Å². The average molecular weight is 525 g/mol. The van der Waals surface area contributed by atoms with Gasteiger partial charge in [-0.25, -0.2) is 4.79 Å². The number of aliphatic hydroxyl groups excluding tert-OH is 1. The SMILES string of the molecule is C[C@@H]1CC2C3CCC4=CC(=O)C=CC4(C)C3(Cl)C(O)CC2(C)[C@@]1(OC(=O)C1CCCO1)C(=O)CCl. The number of esters is 1. The lowest BCUT2D eigenvalue weighted by molar-refractivity contribution is -0.206. The molecule has 6 nitrogen and oxygen atoms in total. The molecule has 4 fully saturated rings. The predicted molar refractivity (Wildman–Crippen MR) is 131 cm³/mol. The summed E-state index contributed by atoms with van der Waals surface area (Å²) in [5.41, 5.74) is -2.05. The normalized spacial score (nSPS) is 48.6. The van der Waals surface area contributed by atoms with Gasteiger partial charge in [0.1, 0.15) is 0 Å². The zero-order chi connectivity index (χ0) is 25.4. The van der Waals surface area contributed by atoms with E-state index in [1.165, 1.54) is 0 Å². The van der Waals surface area contributed by atoms with Crippen molar-refractivity contribution in [3.63, 3.8) is 0 Å². The highest BCUT2D eigenvalue weighted by atomic mass is 35.5. The molecule has 0 spiro atoms. The number of ether oxygens (including phenoxy) is 2. The molecular formula is C27H34Cl2O6. The molecule has 0 amide bonds. The van der Waals surface area contributed by atoms with Crippen molar-refractivity contribution in [1.82, 2.24) is 0 Å². The highest BCUT2D eigenvalue weighted by Crippen LogP contribution is 2.72. The second kappa shape index (κ2) is 8.41. The average Bonchev–Trinajstić information content (AvgIpc) is 3.42. The van der Waals surface area contributed by atoms with Crippen LogP contribution in [0.25, 0.3) is 0 Å². The molecule has 192 valence electrons. The van der Waals surface area contributed by atoms with Gasteiger partial charge in [0, 0.05) is 23.4 Å². The minimum absolute atomic E-state index is 0.0615. The molecule has 5 rings (SSSR count). The Balaban J connectivity index is 1.58. The van der Waals surface area contributed by atoms with Crippen LogP contribution in [0.1, 0.15) is 59.3 Å². The van der Waals surface area contributed by atoms with E-state index in [2.05, 4.69) is 0 Å². The summed E-state index contributed by atoms with van der Waals surface area (Å²) < 4.78 is 11.8. The van der Waals surface area contributed by atoms with Gasteiger partial charge in [-0.1, -0.05) is 32.4 Å². The van der Waals surface area contributed by atoms with E-state index in [1.54, 1.807) is 12.2 Å². The second-order valence-electron chi connectivity index (χ2n) is 11.6. The molecule has 1 heterocycles. The van der Waals surface area contributed by atoms with E-state index in [4.69, 9.17) is 32.7 Å². The smallest absolute Gasteiger partial charge is 0.336 e. The number of ketones is 2. The zero-order valence-corrected chi connectivity index (χ0v) is 22.0. The van der Waals surface area contributed by atoms with Crippen molar-refractivity contribution in [2.45, 2.75) is 82.0 Å². The number of hydrogen-bond acceptors (Lipinski definition) is 6. The number of hydrogen-bond donors (Lipinski definition) is 1. The van der Waals surface area contributed by atoms with Crippen molar-refractivity contribution in [2.24, 2.45) is 28.6 Å². The Morgan fingerprint density at radius 3 is 2.66 bits per heavy atom. The largest absolute Gasteiger partial charge is 0.448 e. The minimum atomic E-state index is -1.46. The molecule has 35 heavy (non-hydrogen) atoms. The first-order valence-electron chi connectivity index (χ1n) is 12.7. The van der Waals surface area contributed by atoms with Crippen LogP contribution in [0.2, 0.25) is 0 Å². The van der Waals surface area contributed by atoms with Gasteiger partial charge >= 0.3 is 5.97 Å². The summed E-state index contributed by atoms with van der Waals surface area (Å²) >= 11 is 13.6. The van der Waals surface area contributed by atoms with Crippen molar-refractivity contribution in [1.29, 1.82) is 0 Å². The molecule has 0 bridgehead atoms. The Hall–Kier alpha value is -1.21. The first-order valence-corrected chi connectivity index (χ1v) is 13.6. The summed E-state index contributed by atoms with van der Waals surface area (Å²) in [6.45, 7) is 6.39. The van der Waals surface area contributed by atoms with Crippen LogP contribution in [0.15, 0.2) is 23.8 Å². The monoisotopic (exact) mass is 524 g/mol. The van der Waals surface area contributed by atoms with Crippen molar-refractivity contribution in [3.05, 3.63) is 23.8 Å². The van der Waals surface area contributed by atoms with Gasteiger partial charge in [0.05, 0.1) is 16.9 Å². The number of carbonyl (C=O) groups is 3. The summed E-state index contributed by atoms with van der Waals surface area (Å²) in [7, 11) is 0. The predicted octanol–water partition coefficient (Wildman–Crippen LogP) is 4.14. The maximum atomic E-state index is 13.6. The molecule has 0 aromatic heterocycles. The zero-order valence-electron chi connectivity index (χ0n) is 20.5. The molecule has 1 N–H and O–H groups in total. The van der Waals surface area contributed by atoms with Crippen LogP contribution in [-0.4, -0.2) is 57.8 Å². The molecule has 1 aliphatic heterocycles. The Morgan fingerprint density at radius 1 is 1.26 bits per heavy atom. The number of Topliss-reactive ketones (excluding diaryl/α,β-unsaturated/α-hetero) is 1. The quantitative estimate of drug-likeness (QED) is 0.439. The van der Waals surface area contributed by atoms with E-state index < -0.39 is 39.5 Å². The first-order chi connectivity index (χ1) is 16.5. The first kappa shape index (κ1) is 25.4. The summed E-state index contributed by atoms with van der Waals surface area (Å²) in [4.78, 5) is 37.9. The number of fused-ring (bicyclic) bond motifs is 5. The van der Waals surface area contributed by atoms with Crippen molar-refractivity contribution in [2.75, 3.05) is 12.5 Å². The fourth-order valence-electron chi connectivity index (χ4n) is 8.49. The van der Waals surface area contributed by atoms with Crippen molar-refractivity contribution >= 4 is 40.7 Å². The number of alkyl halides is 2. The molecule has 8 heteroatoms. The molecule has 1 saturated heterocycles. The topological polar surface area (TPSA) is 89.9 Å². The summed E-state index contributed by atoms with van der Waals surface area (Å²) in [6, 6.07) is 0. The summed E-state index contributed by atoms with van der Waals surface area (Å²) in [5, 5.41) is 11.8. The molecule has 0 aromatic carbocycles.